The highest BCUT2D eigenvalue weighted by atomic mass is 16.5. The molecule has 3 amide bonds. The van der Waals surface area contributed by atoms with E-state index in [2.05, 4.69) is 20.9 Å². The molecule has 0 bridgehead atoms. The van der Waals surface area contributed by atoms with E-state index in [1.54, 1.807) is 30.8 Å². The number of nitrogens with zero attached hydrogens (tertiary/aromatic N) is 2. The summed E-state index contributed by atoms with van der Waals surface area (Å²) in [4.78, 5) is 53.7. The third kappa shape index (κ3) is 5.68. The van der Waals surface area contributed by atoms with Crippen LogP contribution in [0.2, 0.25) is 0 Å². The quantitative estimate of drug-likeness (QED) is 0.576. The maximum atomic E-state index is 12.9. The van der Waals surface area contributed by atoms with Crippen LogP contribution in [0, 0.1) is 5.92 Å². The average Bonchev–Trinajstić information content (AvgIpc) is 3.19. The summed E-state index contributed by atoms with van der Waals surface area (Å²) in [6, 6.07) is 7.09. The van der Waals surface area contributed by atoms with Crippen LogP contribution in [0.15, 0.2) is 42.7 Å². The first-order valence-corrected chi connectivity index (χ1v) is 9.94. The fraction of sp³-hybridized carbons (Fsp3) is 0.381. The molecule has 0 aliphatic carbocycles. The normalized spacial score (nSPS) is 17.1. The Bertz CT molecular complexity index is 956. The van der Waals surface area contributed by atoms with Gasteiger partial charge in [0.2, 0.25) is 11.7 Å². The highest BCUT2D eigenvalue weighted by Gasteiger charge is 2.33. The number of amides is 3. The number of imidazole rings is 1. The van der Waals surface area contributed by atoms with Gasteiger partial charge in [-0.05, 0) is 11.5 Å². The van der Waals surface area contributed by atoms with E-state index < -0.39 is 35.8 Å². The zero-order chi connectivity index (χ0) is 22.4. The molecule has 0 fully saturated rings. The van der Waals surface area contributed by atoms with E-state index >= 15 is 0 Å². The number of ketones is 1. The van der Waals surface area contributed by atoms with Gasteiger partial charge in [-0.25, -0.2) is 9.78 Å². The number of hydrogen-bond donors (Lipinski definition) is 3. The number of aromatic nitrogens is 2. The summed E-state index contributed by atoms with van der Waals surface area (Å²) in [6.45, 7) is 3.76. The monoisotopic (exact) mass is 427 g/mol. The van der Waals surface area contributed by atoms with Gasteiger partial charge in [0.15, 0.2) is 0 Å². The minimum atomic E-state index is -1.09. The maximum absolute atomic E-state index is 12.9. The molecule has 0 saturated carbocycles. The lowest BCUT2D eigenvalue weighted by molar-refractivity contribution is -0.141. The Morgan fingerprint density at radius 2 is 2.00 bits per heavy atom. The summed E-state index contributed by atoms with van der Waals surface area (Å²) in [5, 5.41) is 7.61. The number of carbonyl (C=O) groups is 4. The summed E-state index contributed by atoms with van der Waals surface area (Å²) in [5.41, 5.74) is 0.811. The molecular formula is C21H25N5O5. The molecule has 3 rings (SSSR count). The molecule has 0 radical (unpaired) electrons. The predicted molar refractivity (Wildman–Crippen MR) is 109 cm³/mol. The Morgan fingerprint density at radius 3 is 2.71 bits per heavy atom. The average molecular weight is 427 g/mol. The number of Topliss-reactive ketones (excluding diaryl/α,β-unsaturated/α-hetero) is 1. The fourth-order valence-corrected chi connectivity index (χ4v) is 3.16. The van der Waals surface area contributed by atoms with Gasteiger partial charge < -0.3 is 25.3 Å². The highest BCUT2D eigenvalue weighted by Crippen LogP contribution is 2.08. The van der Waals surface area contributed by atoms with Gasteiger partial charge in [0.25, 0.3) is 5.91 Å². The predicted octanol–water partition coefficient (Wildman–Crippen LogP) is 0.518. The van der Waals surface area contributed by atoms with E-state index in [0.29, 0.717) is 5.82 Å². The Labute approximate surface area is 179 Å². The Morgan fingerprint density at radius 1 is 1.26 bits per heavy atom. The van der Waals surface area contributed by atoms with Crippen molar-refractivity contribution in [3.05, 3.63) is 54.1 Å². The first-order chi connectivity index (χ1) is 14.8. The van der Waals surface area contributed by atoms with Crippen molar-refractivity contribution in [2.45, 2.75) is 45.6 Å². The lowest BCUT2D eigenvalue weighted by Crippen LogP contribution is -2.57. The molecular weight excluding hydrogens is 402 g/mol. The third-order valence-corrected chi connectivity index (χ3v) is 4.88. The second-order valence-corrected chi connectivity index (χ2v) is 7.53. The third-order valence-electron chi connectivity index (χ3n) is 4.88. The van der Waals surface area contributed by atoms with Gasteiger partial charge >= 0.3 is 6.09 Å². The van der Waals surface area contributed by atoms with Gasteiger partial charge in [-0.1, -0.05) is 44.2 Å². The van der Waals surface area contributed by atoms with Crippen molar-refractivity contribution < 1.29 is 23.9 Å². The molecule has 0 saturated heterocycles. The molecule has 164 valence electrons. The number of ether oxygens (including phenoxy) is 1. The van der Waals surface area contributed by atoms with Gasteiger partial charge in [0.05, 0.1) is 13.1 Å². The summed E-state index contributed by atoms with van der Waals surface area (Å²) < 4.78 is 6.87. The van der Waals surface area contributed by atoms with Crippen LogP contribution in [0.1, 0.15) is 25.2 Å². The van der Waals surface area contributed by atoms with E-state index in [4.69, 9.17) is 4.74 Å². The number of alkyl carbamates (subject to hydrolysis) is 1. The lowest BCUT2D eigenvalue weighted by Gasteiger charge is -2.26. The zero-order valence-corrected chi connectivity index (χ0v) is 17.3. The number of hydrogen-bond acceptors (Lipinski definition) is 6. The fourth-order valence-electron chi connectivity index (χ4n) is 3.16. The number of rotatable bonds is 6. The maximum Gasteiger partial charge on any atom is 0.408 e. The summed E-state index contributed by atoms with van der Waals surface area (Å²) in [5.74, 6) is -1.86. The largest absolute Gasteiger partial charge is 0.445 e. The van der Waals surface area contributed by atoms with Crippen LogP contribution in [0.3, 0.4) is 0 Å². The summed E-state index contributed by atoms with van der Waals surface area (Å²) in [6.07, 6.45) is 2.46. The minimum absolute atomic E-state index is 0.0593. The van der Waals surface area contributed by atoms with E-state index in [0.717, 1.165) is 5.56 Å². The molecule has 1 aromatic carbocycles. The van der Waals surface area contributed by atoms with E-state index in [1.165, 1.54) is 0 Å². The Hall–Kier alpha value is -3.69. The molecule has 2 unspecified atom stereocenters. The van der Waals surface area contributed by atoms with Crippen molar-refractivity contribution in [3.63, 3.8) is 0 Å². The molecule has 0 spiro atoms. The zero-order valence-electron chi connectivity index (χ0n) is 17.3. The van der Waals surface area contributed by atoms with Crippen molar-refractivity contribution in [1.82, 2.24) is 25.5 Å². The van der Waals surface area contributed by atoms with Crippen LogP contribution < -0.4 is 16.0 Å². The molecule has 10 nitrogen and oxygen atoms in total. The van der Waals surface area contributed by atoms with Crippen LogP contribution >= 0.6 is 0 Å². The standard InChI is InChI=1S/C21H25N5O5/c1-13(2)17(25-21(30)31-12-14-6-4-3-5-7-14)19(28)24-15-11-26-9-8-22-16(26)10-23-20(29)18(15)27/h3-9,13,15,17H,10-12H2,1-2H3,(H,23,29)(H,24,28)(H,25,30). The lowest BCUT2D eigenvalue weighted by atomic mass is 10.0. The van der Waals surface area contributed by atoms with Crippen LogP contribution in [0.5, 0.6) is 0 Å². The smallest absolute Gasteiger partial charge is 0.408 e. The van der Waals surface area contributed by atoms with Gasteiger partial charge in [-0.2, -0.15) is 0 Å². The minimum Gasteiger partial charge on any atom is -0.445 e. The first kappa shape index (κ1) is 22.0. The highest BCUT2D eigenvalue weighted by molar-refractivity contribution is 6.38. The molecule has 1 aliphatic rings. The Kier molecular flexibility index (Phi) is 7.01. The number of benzene rings is 1. The van der Waals surface area contributed by atoms with Gasteiger partial charge in [-0.15, -0.1) is 0 Å². The van der Waals surface area contributed by atoms with E-state index in [9.17, 15) is 19.2 Å². The molecule has 2 atom stereocenters. The van der Waals surface area contributed by atoms with Gasteiger partial charge in [-0.3, -0.25) is 14.4 Å². The van der Waals surface area contributed by atoms with Crippen molar-refractivity contribution in [2.75, 3.05) is 0 Å². The van der Waals surface area contributed by atoms with Crippen molar-refractivity contribution >= 4 is 23.7 Å². The van der Waals surface area contributed by atoms with Crippen LogP contribution in [-0.4, -0.2) is 45.3 Å². The number of carbonyl (C=O) groups excluding carboxylic acids is 4. The molecule has 2 aromatic rings. The van der Waals surface area contributed by atoms with Crippen molar-refractivity contribution in [2.24, 2.45) is 5.92 Å². The summed E-state index contributed by atoms with van der Waals surface area (Å²) >= 11 is 0. The number of fused-ring (bicyclic) bond motifs is 1. The second kappa shape index (κ2) is 9.88. The first-order valence-electron chi connectivity index (χ1n) is 9.94. The summed E-state index contributed by atoms with van der Waals surface area (Å²) in [7, 11) is 0. The topological polar surface area (TPSA) is 131 Å². The van der Waals surface area contributed by atoms with Gasteiger partial charge in [0, 0.05) is 12.4 Å². The molecule has 3 N–H and O–H groups in total. The van der Waals surface area contributed by atoms with E-state index in [-0.39, 0.29) is 25.6 Å². The Balaban J connectivity index is 1.64. The molecule has 10 heteroatoms. The second-order valence-electron chi connectivity index (χ2n) is 7.53. The number of nitrogens with one attached hydrogen (secondary N) is 3. The SMILES string of the molecule is CC(C)C(NC(=O)OCc1ccccc1)C(=O)NC1Cn2ccnc2CNC(=O)C1=O. The van der Waals surface area contributed by atoms with Crippen LogP contribution in [-0.2, 0) is 38.8 Å². The molecule has 31 heavy (non-hydrogen) atoms. The van der Waals surface area contributed by atoms with Gasteiger partial charge in [0.1, 0.15) is 24.5 Å². The van der Waals surface area contributed by atoms with Crippen LogP contribution in [0.4, 0.5) is 4.79 Å². The molecule has 1 aromatic heterocycles. The molecule has 2 heterocycles. The van der Waals surface area contributed by atoms with E-state index in [1.807, 2.05) is 30.3 Å². The van der Waals surface area contributed by atoms with Crippen molar-refractivity contribution in [3.8, 4) is 0 Å². The van der Waals surface area contributed by atoms with Crippen LogP contribution in [0.25, 0.3) is 0 Å². The molecule has 1 aliphatic heterocycles. The van der Waals surface area contributed by atoms with Crippen molar-refractivity contribution in [1.29, 1.82) is 0 Å².